The first-order valence-corrected chi connectivity index (χ1v) is 6.24. The summed E-state index contributed by atoms with van der Waals surface area (Å²) in [6, 6.07) is 4.28. The van der Waals surface area contributed by atoms with E-state index in [-0.39, 0.29) is 23.2 Å². The van der Waals surface area contributed by atoms with Crippen LogP contribution in [0.4, 0.5) is 9.18 Å². The Kier molecular flexibility index (Phi) is 4.16. The molecule has 0 saturated carbocycles. The van der Waals surface area contributed by atoms with E-state index in [0.717, 1.165) is 0 Å². The first-order valence-electron chi connectivity index (χ1n) is 5.83. The summed E-state index contributed by atoms with van der Waals surface area (Å²) in [6.45, 7) is 1.97. The Balaban J connectivity index is 1.98. The van der Waals surface area contributed by atoms with Gasteiger partial charge >= 0.3 is 6.03 Å². The summed E-state index contributed by atoms with van der Waals surface area (Å²) < 4.78 is 19.0. The lowest BCUT2D eigenvalue weighted by atomic mass is 10.2. The minimum absolute atomic E-state index is 0.0491. The van der Waals surface area contributed by atoms with E-state index in [1.54, 1.807) is 11.0 Å². The fourth-order valence-corrected chi connectivity index (χ4v) is 2.05. The van der Waals surface area contributed by atoms with Crippen molar-refractivity contribution in [2.75, 3.05) is 26.2 Å². The van der Waals surface area contributed by atoms with E-state index in [9.17, 15) is 9.18 Å². The van der Waals surface area contributed by atoms with Crippen molar-refractivity contribution in [2.45, 2.75) is 0 Å². The van der Waals surface area contributed by atoms with Crippen LogP contribution >= 0.6 is 12.2 Å². The number of nitrogens with one attached hydrogen (secondary N) is 1. The van der Waals surface area contributed by atoms with Crippen LogP contribution in [0.25, 0.3) is 0 Å². The van der Waals surface area contributed by atoms with E-state index < -0.39 is 5.82 Å². The number of thiocarbonyl (C=S) groups is 1. The summed E-state index contributed by atoms with van der Waals surface area (Å²) in [5, 5.41) is 2.69. The summed E-state index contributed by atoms with van der Waals surface area (Å²) in [5.41, 5.74) is 5.57. The Labute approximate surface area is 115 Å². The molecule has 1 fully saturated rings. The van der Waals surface area contributed by atoms with Gasteiger partial charge in [-0.2, -0.15) is 0 Å². The highest BCUT2D eigenvalue weighted by molar-refractivity contribution is 7.80. The average molecular weight is 283 g/mol. The molecule has 0 aromatic heterocycles. The van der Waals surface area contributed by atoms with Gasteiger partial charge in [0.25, 0.3) is 0 Å². The second kappa shape index (κ2) is 5.83. The Morgan fingerprint density at radius 3 is 3.00 bits per heavy atom. The van der Waals surface area contributed by atoms with Gasteiger partial charge < -0.3 is 20.7 Å². The van der Waals surface area contributed by atoms with Gasteiger partial charge in [-0.05, 0) is 12.1 Å². The van der Waals surface area contributed by atoms with Crippen LogP contribution in [0.3, 0.4) is 0 Å². The van der Waals surface area contributed by atoms with E-state index in [4.69, 9.17) is 22.7 Å². The molecule has 1 aliphatic heterocycles. The monoisotopic (exact) mass is 283 g/mol. The van der Waals surface area contributed by atoms with Crippen LogP contribution in [0.2, 0.25) is 0 Å². The fraction of sp³-hybridized carbons (Fsp3) is 0.333. The lowest BCUT2D eigenvalue weighted by molar-refractivity contribution is 0.202. The topological polar surface area (TPSA) is 67.6 Å². The number of rotatable bonds is 5. The van der Waals surface area contributed by atoms with Crippen molar-refractivity contribution in [3.05, 3.63) is 29.6 Å². The fourth-order valence-electron chi connectivity index (χ4n) is 1.85. The van der Waals surface area contributed by atoms with Crippen molar-refractivity contribution in [2.24, 2.45) is 5.73 Å². The van der Waals surface area contributed by atoms with E-state index >= 15 is 0 Å². The second-order valence-electron chi connectivity index (χ2n) is 4.04. The number of nitrogens with two attached hydrogens (primary N) is 1. The third kappa shape index (κ3) is 3.11. The molecule has 0 aliphatic carbocycles. The van der Waals surface area contributed by atoms with Crippen molar-refractivity contribution in [1.29, 1.82) is 0 Å². The van der Waals surface area contributed by atoms with Crippen LogP contribution in [0.5, 0.6) is 5.75 Å². The Hall–Kier alpha value is -1.89. The highest BCUT2D eigenvalue weighted by Gasteiger charge is 2.19. The van der Waals surface area contributed by atoms with E-state index in [1.807, 2.05) is 0 Å². The Morgan fingerprint density at radius 2 is 2.37 bits per heavy atom. The highest BCUT2D eigenvalue weighted by atomic mass is 32.1. The number of carbonyl (C=O) groups is 1. The quantitative estimate of drug-likeness (QED) is 0.787. The lowest BCUT2D eigenvalue weighted by Gasteiger charge is -2.16. The molecule has 1 saturated heterocycles. The van der Waals surface area contributed by atoms with Gasteiger partial charge in [-0.1, -0.05) is 18.3 Å². The summed E-state index contributed by atoms with van der Waals surface area (Å²) in [4.78, 5) is 12.9. The van der Waals surface area contributed by atoms with E-state index in [2.05, 4.69) is 5.32 Å². The summed E-state index contributed by atoms with van der Waals surface area (Å²) in [6.07, 6.45) is 0. The summed E-state index contributed by atoms with van der Waals surface area (Å²) in [5.74, 6) is -0.212. The molecule has 1 aliphatic rings. The standard InChI is InChI=1S/C12H14FN3O2S/c13-8-2-1-3-9(10(8)11(14)19)18-7-6-16-5-4-15-12(16)17/h1-3H,4-7H2,(H2,14,19)(H,15,17). The number of carbonyl (C=O) groups excluding carboxylic acids is 1. The predicted octanol–water partition coefficient (Wildman–Crippen LogP) is 0.864. The van der Waals surface area contributed by atoms with Gasteiger partial charge in [0.1, 0.15) is 23.2 Å². The number of hydrogen-bond acceptors (Lipinski definition) is 3. The normalized spacial score (nSPS) is 14.4. The lowest BCUT2D eigenvalue weighted by Crippen LogP contribution is -2.32. The third-order valence-corrected chi connectivity index (χ3v) is 2.99. The number of urea groups is 1. The molecule has 19 heavy (non-hydrogen) atoms. The first kappa shape index (κ1) is 13.5. The molecule has 3 N–H and O–H groups in total. The third-order valence-electron chi connectivity index (χ3n) is 2.79. The summed E-state index contributed by atoms with van der Waals surface area (Å²) >= 11 is 4.80. The maximum Gasteiger partial charge on any atom is 0.317 e. The van der Waals surface area contributed by atoms with Crippen LogP contribution in [0.15, 0.2) is 18.2 Å². The largest absolute Gasteiger partial charge is 0.491 e. The van der Waals surface area contributed by atoms with E-state index in [0.29, 0.717) is 25.4 Å². The van der Waals surface area contributed by atoms with Gasteiger partial charge in [0.2, 0.25) is 0 Å². The van der Waals surface area contributed by atoms with Crippen molar-refractivity contribution in [1.82, 2.24) is 10.2 Å². The zero-order chi connectivity index (χ0) is 13.8. The molecule has 0 bridgehead atoms. The number of benzene rings is 1. The smallest absolute Gasteiger partial charge is 0.317 e. The molecule has 0 unspecified atom stereocenters. The zero-order valence-electron chi connectivity index (χ0n) is 10.2. The van der Waals surface area contributed by atoms with Crippen LogP contribution in [-0.2, 0) is 0 Å². The SMILES string of the molecule is NC(=S)c1c(F)cccc1OCCN1CCNC1=O. The van der Waals surface area contributed by atoms with Crippen LogP contribution in [0, 0.1) is 5.82 Å². The van der Waals surface area contributed by atoms with Gasteiger partial charge in [-0.25, -0.2) is 9.18 Å². The molecular formula is C12H14FN3O2S. The van der Waals surface area contributed by atoms with E-state index in [1.165, 1.54) is 12.1 Å². The van der Waals surface area contributed by atoms with Gasteiger partial charge in [0, 0.05) is 13.1 Å². The summed E-state index contributed by atoms with van der Waals surface area (Å²) in [7, 11) is 0. The molecule has 5 nitrogen and oxygen atoms in total. The number of hydrogen-bond donors (Lipinski definition) is 2. The maximum absolute atomic E-state index is 13.6. The maximum atomic E-state index is 13.6. The second-order valence-corrected chi connectivity index (χ2v) is 4.48. The number of ether oxygens (including phenoxy) is 1. The average Bonchev–Trinajstić information content (AvgIpc) is 2.75. The molecule has 2 amide bonds. The Morgan fingerprint density at radius 1 is 1.58 bits per heavy atom. The molecule has 0 radical (unpaired) electrons. The van der Waals surface area contributed by atoms with Crippen LogP contribution in [-0.4, -0.2) is 42.2 Å². The molecule has 7 heteroatoms. The zero-order valence-corrected chi connectivity index (χ0v) is 11.0. The van der Waals surface area contributed by atoms with Crippen molar-refractivity contribution < 1.29 is 13.9 Å². The van der Waals surface area contributed by atoms with Gasteiger partial charge in [0.05, 0.1) is 12.1 Å². The number of amides is 2. The predicted molar refractivity (Wildman–Crippen MR) is 72.8 cm³/mol. The molecule has 1 heterocycles. The molecular weight excluding hydrogens is 269 g/mol. The number of halogens is 1. The molecule has 1 aromatic carbocycles. The molecule has 0 spiro atoms. The highest BCUT2D eigenvalue weighted by Crippen LogP contribution is 2.21. The first-order chi connectivity index (χ1) is 9.09. The van der Waals surface area contributed by atoms with Crippen LogP contribution in [0.1, 0.15) is 5.56 Å². The van der Waals surface area contributed by atoms with Gasteiger partial charge in [-0.3, -0.25) is 0 Å². The van der Waals surface area contributed by atoms with Crippen LogP contribution < -0.4 is 15.8 Å². The van der Waals surface area contributed by atoms with Crippen molar-refractivity contribution >= 4 is 23.2 Å². The molecule has 0 atom stereocenters. The van der Waals surface area contributed by atoms with Gasteiger partial charge in [0.15, 0.2) is 0 Å². The number of nitrogens with zero attached hydrogens (tertiary/aromatic N) is 1. The van der Waals surface area contributed by atoms with Crippen molar-refractivity contribution in [3.8, 4) is 5.75 Å². The molecule has 102 valence electrons. The van der Waals surface area contributed by atoms with Gasteiger partial charge in [-0.15, -0.1) is 0 Å². The van der Waals surface area contributed by atoms with Crippen molar-refractivity contribution in [3.63, 3.8) is 0 Å². The Bertz CT molecular complexity index is 510. The molecule has 2 rings (SSSR count). The minimum atomic E-state index is -0.510. The molecule has 1 aromatic rings. The minimum Gasteiger partial charge on any atom is -0.491 e.